The van der Waals surface area contributed by atoms with Gasteiger partial charge in [-0.1, -0.05) is 13.8 Å². The standard InChI is InChI=1S/C26H44N2O3/c1-24-10-8-21(31-16-15-28-13-3-4-14-28)17-19(24)5-6-23-22(24)9-11-25(2)20(18-27-30)7-12-26(23,25)29/h18-23,29-30H,3-17H2,1-2H3/b27-18+/t19?,20?,21?,22-,23-,24+,25-,26-/m1/s1. The lowest BCUT2D eigenvalue weighted by molar-refractivity contribution is -0.208. The molecule has 5 aliphatic rings. The Morgan fingerprint density at radius 2 is 1.81 bits per heavy atom. The highest BCUT2D eigenvalue weighted by molar-refractivity contribution is 5.62. The third-order valence-electron chi connectivity index (χ3n) is 11.1. The Hall–Kier alpha value is -0.650. The number of nitrogens with zero attached hydrogens (tertiary/aromatic N) is 2. The topological polar surface area (TPSA) is 65.3 Å². The molecule has 0 aromatic rings. The Bertz CT molecular complexity index is 680. The van der Waals surface area contributed by atoms with Crippen LogP contribution in [0.1, 0.15) is 84.5 Å². The molecule has 4 saturated carbocycles. The van der Waals surface area contributed by atoms with Crippen LogP contribution in [0, 0.1) is 34.5 Å². The second kappa shape index (κ2) is 8.29. The Morgan fingerprint density at radius 1 is 1.00 bits per heavy atom. The van der Waals surface area contributed by atoms with Crippen LogP contribution < -0.4 is 0 Å². The summed E-state index contributed by atoms with van der Waals surface area (Å²) in [6.07, 6.45) is 15.0. The summed E-state index contributed by atoms with van der Waals surface area (Å²) < 4.78 is 6.39. The third-order valence-corrected chi connectivity index (χ3v) is 11.1. The third kappa shape index (κ3) is 3.49. The van der Waals surface area contributed by atoms with Gasteiger partial charge in [0.25, 0.3) is 0 Å². The highest BCUT2D eigenvalue weighted by Gasteiger charge is 2.67. The maximum Gasteiger partial charge on any atom is 0.0738 e. The highest BCUT2D eigenvalue weighted by atomic mass is 16.5. The van der Waals surface area contributed by atoms with Crippen molar-refractivity contribution in [2.75, 3.05) is 26.2 Å². The van der Waals surface area contributed by atoms with Gasteiger partial charge in [0.05, 0.1) is 18.3 Å². The summed E-state index contributed by atoms with van der Waals surface area (Å²) in [6.45, 7) is 9.32. The molecule has 5 nitrogen and oxygen atoms in total. The molecule has 1 aliphatic heterocycles. The first-order chi connectivity index (χ1) is 14.9. The molecular formula is C26H44N2O3. The SMILES string of the molecule is C[C@]12CCC(OCCN3CCCC3)CC1CC[C@@H]1[C@H]2CC[C@]2(C)C(/C=N/O)CC[C@@]12O. The van der Waals surface area contributed by atoms with Crippen LogP contribution in [0.4, 0.5) is 0 Å². The van der Waals surface area contributed by atoms with Crippen molar-refractivity contribution in [3.05, 3.63) is 0 Å². The van der Waals surface area contributed by atoms with E-state index >= 15 is 0 Å². The second-order valence-corrected chi connectivity index (χ2v) is 12.1. The fourth-order valence-electron chi connectivity index (χ4n) is 9.05. The van der Waals surface area contributed by atoms with Crippen molar-refractivity contribution in [1.82, 2.24) is 4.90 Å². The molecule has 0 radical (unpaired) electrons. The number of ether oxygens (including phenoxy) is 1. The van der Waals surface area contributed by atoms with E-state index in [2.05, 4.69) is 23.9 Å². The van der Waals surface area contributed by atoms with Gasteiger partial charge >= 0.3 is 0 Å². The zero-order valence-corrected chi connectivity index (χ0v) is 19.8. The van der Waals surface area contributed by atoms with Gasteiger partial charge in [-0.2, -0.15) is 0 Å². The molecule has 31 heavy (non-hydrogen) atoms. The van der Waals surface area contributed by atoms with Gasteiger partial charge in [0.2, 0.25) is 0 Å². The molecule has 3 unspecified atom stereocenters. The van der Waals surface area contributed by atoms with Crippen LogP contribution in [0.3, 0.4) is 0 Å². The van der Waals surface area contributed by atoms with Crippen LogP contribution >= 0.6 is 0 Å². The normalized spacial score (nSPS) is 50.4. The van der Waals surface area contributed by atoms with E-state index in [4.69, 9.17) is 9.94 Å². The molecule has 0 bridgehead atoms. The first-order valence-corrected chi connectivity index (χ1v) is 13.1. The molecule has 176 valence electrons. The largest absolute Gasteiger partial charge is 0.411 e. The van der Waals surface area contributed by atoms with Gasteiger partial charge in [0, 0.05) is 24.1 Å². The van der Waals surface area contributed by atoms with Crippen LogP contribution in [-0.4, -0.2) is 59.4 Å². The van der Waals surface area contributed by atoms with Crippen LogP contribution in [0.15, 0.2) is 5.16 Å². The molecule has 0 aromatic carbocycles. The summed E-state index contributed by atoms with van der Waals surface area (Å²) in [4.78, 5) is 2.55. The number of aliphatic hydroxyl groups is 1. The molecule has 0 amide bonds. The lowest BCUT2D eigenvalue weighted by Gasteiger charge is -2.63. The van der Waals surface area contributed by atoms with E-state index in [1.54, 1.807) is 6.21 Å². The van der Waals surface area contributed by atoms with Crippen molar-refractivity contribution >= 4 is 6.21 Å². The number of hydrogen-bond donors (Lipinski definition) is 2. The van der Waals surface area contributed by atoms with E-state index in [9.17, 15) is 5.11 Å². The van der Waals surface area contributed by atoms with Gasteiger partial charge < -0.3 is 20.0 Å². The second-order valence-electron chi connectivity index (χ2n) is 12.1. The number of rotatable bonds is 5. The summed E-state index contributed by atoms with van der Waals surface area (Å²) in [7, 11) is 0. The minimum Gasteiger partial charge on any atom is -0.411 e. The van der Waals surface area contributed by atoms with Crippen molar-refractivity contribution in [3.63, 3.8) is 0 Å². The van der Waals surface area contributed by atoms with Crippen LogP contribution in [0.5, 0.6) is 0 Å². The van der Waals surface area contributed by atoms with Gasteiger partial charge in [-0.15, -0.1) is 5.16 Å². The first kappa shape index (κ1) is 22.2. The minimum atomic E-state index is -0.598. The molecule has 1 heterocycles. The predicted molar refractivity (Wildman–Crippen MR) is 122 cm³/mol. The average molecular weight is 433 g/mol. The van der Waals surface area contributed by atoms with E-state index in [-0.39, 0.29) is 11.3 Å². The van der Waals surface area contributed by atoms with Crippen molar-refractivity contribution in [2.45, 2.75) is 96.2 Å². The van der Waals surface area contributed by atoms with Gasteiger partial charge in [0.15, 0.2) is 0 Å². The quantitative estimate of drug-likeness (QED) is 0.375. The van der Waals surface area contributed by atoms with Crippen molar-refractivity contribution in [2.24, 2.45) is 39.7 Å². The van der Waals surface area contributed by atoms with Crippen molar-refractivity contribution in [1.29, 1.82) is 0 Å². The van der Waals surface area contributed by atoms with Gasteiger partial charge in [-0.3, -0.25) is 0 Å². The van der Waals surface area contributed by atoms with Gasteiger partial charge in [0.1, 0.15) is 0 Å². The average Bonchev–Trinajstić information content (AvgIpc) is 3.36. The Labute approximate surface area is 188 Å². The molecule has 8 atom stereocenters. The van der Waals surface area contributed by atoms with Gasteiger partial charge in [-0.25, -0.2) is 0 Å². The molecule has 5 fully saturated rings. The summed E-state index contributed by atoms with van der Waals surface area (Å²) in [5, 5.41) is 24.6. The van der Waals surface area contributed by atoms with Crippen molar-refractivity contribution in [3.8, 4) is 0 Å². The summed E-state index contributed by atoms with van der Waals surface area (Å²) in [6, 6.07) is 0. The van der Waals surface area contributed by atoms with Crippen molar-refractivity contribution < 1.29 is 15.1 Å². The number of likely N-dealkylation sites (tertiary alicyclic amines) is 1. The molecule has 2 N–H and O–H groups in total. The molecule has 5 rings (SSSR count). The zero-order valence-electron chi connectivity index (χ0n) is 19.8. The lowest BCUT2D eigenvalue weighted by Crippen LogP contribution is -2.62. The lowest BCUT2D eigenvalue weighted by atomic mass is 9.43. The maximum atomic E-state index is 12.1. The molecular weight excluding hydrogens is 388 g/mol. The molecule has 0 spiro atoms. The molecule has 0 aromatic heterocycles. The van der Waals surface area contributed by atoms with E-state index in [0.717, 1.165) is 44.8 Å². The maximum absolute atomic E-state index is 12.1. The van der Waals surface area contributed by atoms with E-state index < -0.39 is 5.60 Å². The van der Waals surface area contributed by atoms with Crippen LogP contribution in [-0.2, 0) is 4.74 Å². The molecule has 5 heteroatoms. The van der Waals surface area contributed by atoms with Gasteiger partial charge in [-0.05, 0) is 107 Å². The molecule has 1 saturated heterocycles. The Kier molecular flexibility index (Phi) is 5.92. The fourth-order valence-corrected chi connectivity index (χ4v) is 9.05. The number of oxime groups is 1. The fraction of sp³-hybridized carbons (Fsp3) is 0.962. The zero-order chi connectivity index (χ0) is 21.7. The summed E-state index contributed by atoms with van der Waals surface area (Å²) in [5.41, 5.74) is -0.393. The monoisotopic (exact) mass is 432 g/mol. The predicted octanol–water partition coefficient (Wildman–Crippen LogP) is 4.70. The van der Waals surface area contributed by atoms with Crippen LogP contribution in [0.25, 0.3) is 0 Å². The Balaban J connectivity index is 1.24. The number of hydrogen-bond acceptors (Lipinski definition) is 5. The smallest absolute Gasteiger partial charge is 0.0738 e. The highest BCUT2D eigenvalue weighted by Crippen LogP contribution is 2.68. The minimum absolute atomic E-state index is 0.139. The van der Waals surface area contributed by atoms with E-state index in [0.29, 0.717) is 23.4 Å². The van der Waals surface area contributed by atoms with E-state index in [1.165, 1.54) is 58.0 Å². The van der Waals surface area contributed by atoms with E-state index in [1.807, 2.05) is 0 Å². The summed E-state index contributed by atoms with van der Waals surface area (Å²) in [5.74, 6) is 1.97. The summed E-state index contributed by atoms with van der Waals surface area (Å²) >= 11 is 0. The molecule has 4 aliphatic carbocycles. The Morgan fingerprint density at radius 3 is 2.58 bits per heavy atom. The number of fused-ring (bicyclic) bond motifs is 5. The first-order valence-electron chi connectivity index (χ1n) is 13.1. The van der Waals surface area contributed by atoms with Crippen LogP contribution in [0.2, 0.25) is 0 Å².